The van der Waals surface area contributed by atoms with Crippen molar-refractivity contribution in [3.05, 3.63) is 55.6 Å². The quantitative estimate of drug-likeness (QED) is 0.467. The summed E-state index contributed by atoms with van der Waals surface area (Å²) in [4.78, 5) is 14.4. The van der Waals surface area contributed by atoms with Crippen LogP contribution >= 0.6 is 27.5 Å². The minimum atomic E-state index is -0.456. The molecule has 1 aromatic heterocycles. The maximum absolute atomic E-state index is 10.9. The number of ether oxygens (including phenoxy) is 1. The van der Waals surface area contributed by atoms with Crippen LogP contribution in [0.3, 0.4) is 0 Å². The third kappa shape index (κ3) is 3.21. The number of pyridine rings is 1. The van der Waals surface area contributed by atoms with Gasteiger partial charge >= 0.3 is 0 Å². The molecular formula is C12H8BrClN2O3. The first-order valence-electron chi connectivity index (χ1n) is 5.22. The maximum atomic E-state index is 10.9. The van der Waals surface area contributed by atoms with E-state index in [1.165, 1.54) is 6.07 Å². The molecule has 0 aliphatic rings. The highest BCUT2D eigenvalue weighted by Crippen LogP contribution is 2.31. The van der Waals surface area contributed by atoms with Gasteiger partial charge in [0.15, 0.2) is 0 Å². The summed E-state index contributed by atoms with van der Waals surface area (Å²) in [5.74, 6) is 0.582. The van der Waals surface area contributed by atoms with Crippen molar-refractivity contribution in [3.8, 4) is 11.6 Å². The number of hydrogen-bond donors (Lipinski definition) is 0. The first-order chi connectivity index (χ1) is 8.97. The molecule has 19 heavy (non-hydrogen) atoms. The first-order valence-corrected chi connectivity index (χ1v) is 6.39. The van der Waals surface area contributed by atoms with Crippen molar-refractivity contribution < 1.29 is 9.66 Å². The Hall–Kier alpha value is -1.66. The fourth-order valence-corrected chi connectivity index (χ4v) is 1.88. The van der Waals surface area contributed by atoms with Crippen molar-refractivity contribution in [2.45, 2.75) is 6.92 Å². The summed E-state index contributed by atoms with van der Waals surface area (Å²) in [6, 6.07) is 7.90. The number of hydrogen-bond acceptors (Lipinski definition) is 4. The lowest BCUT2D eigenvalue weighted by molar-refractivity contribution is -0.385. The third-order valence-electron chi connectivity index (χ3n) is 2.37. The molecule has 0 aliphatic heterocycles. The van der Waals surface area contributed by atoms with E-state index in [4.69, 9.17) is 16.3 Å². The first kappa shape index (κ1) is 13.8. The number of aromatic nitrogens is 1. The summed E-state index contributed by atoms with van der Waals surface area (Å²) in [6.07, 6.45) is 0. The minimum absolute atomic E-state index is 0.00403. The van der Waals surface area contributed by atoms with Gasteiger partial charge in [0.05, 0.1) is 15.5 Å². The Kier molecular flexibility index (Phi) is 4.01. The van der Waals surface area contributed by atoms with Gasteiger partial charge in [0, 0.05) is 5.56 Å². The molecule has 1 heterocycles. The lowest BCUT2D eigenvalue weighted by Crippen LogP contribution is -1.94. The summed E-state index contributed by atoms with van der Waals surface area (Å²) < 4.78 is 6.10. The lowest BCUT2D eigenvalue weighted by Gasteiger charge is -2.07. The van der Waals surface area contributed by atoms with E-state index >= 15 is 0 Å². The highest BCUT2D eigenvalue weighted by atomic mass is 79.9. The number of benzene rings is 1. The van der Waals surface area contributed by atoms with Gasteiger partial charge in [-0.05, 0) is 47.1 Å². The summed E-state index contributed by atoms with van der Waals surface area (Å²) in [6.45, 7) is 1.66. The summed E-state index contributed by atoms with van der Waals surface area (Å²) >= 11 is 9.04. The van der Waals surface area contributed by atoms with Crippen molar-refractivity contribution in [1.29, 1.82) is 0 Å². The number of nitro groups is 1. The van der Waals surface area contributed by atoms with Crippen molar-refractivity contribution >= 4 is 33.2 Å². The minimum Gasteiger partial charge on any atom is -0.438 e. The Balaban J connectivity index is 2.36. The molecule has 5 nitrogen and oxygen atoms in total. The molecule has 0 aliphatic carbocycles. The third-order valence-corrected chi connectivity index (χ3v) is 3.19. The zero-order valence-electron chi connectivity index (χ0n) is 9.76. The topological polar surface area (TPSA) is 65.3 Å². The molecule has 1 aromatic carbocycles. The highest BCUT2D eigenvalue weighted by Gasteiger charge is 2.13. The molecule has 0 N–H and O–H groups in total. The summed E-state index contributed by atoms with van der Waals surface area (Å²) in [7, 11) is 0. The van der Waals surface area contributed by atoms with E-state index in [1.54, 1.807) is 31.2 Å². The van der Waals surface area contributed by atoms with Gasteiger partial charge in [-0.2, -0.15) is 0 Å². The summed E-state index contributed by atoms with van der Waals surface area (Å²) in [5, 5.41) is 11.1. The van der Waals surface area contributed by atoms with Gasteiger partial charge in [0.1, 0.15) is 10.9 Å². The van der Waals surface area contributed by atoms with E-state index in [0.717, 1.165) is 0 Å². The van der Waals surface area contributed by atoms with Crippen LogP contribution in [-0.4, -0.2) is 9.91 Å². The van der Waals surface area contributed by atoms with E-state index in [9.17, 15) is 10.1 Å². The van der Waals surface area contributed by atoms with Crippen LogP contribution in [0.2, 0.25) is 5.15 Å². The van der Waals surface area contributed by atoms with Gasteiger partial charge in [-0.3, -0.25) is 10.1 Å². The van der Waals surface area contributed by atoms with Crippen LogP contribution in [0.25, 0.3) is 0 Å². The SMILES string of the molecule is Cc1ccc(Oc2nc(Cl)ccc2Br)cc1[N+](=O)[O-]. The average Bonchev–Trinajstić information content (AvgIpc) is 2.36. The predicted molar refractivity (Wildman–Crippen MR) is 74.9 cm³/mol. The number of aryl methyl sites for hydroxylation is 1. The number of nitro benzene ring substituents is 1. The van der Waals surface area contributed by atoms with Crippen LogP contribution in [0, 0.1) is 17.0 Å². The molecule has 0 bridgehead atoms. The number of nitrogens with zero attached hydrogens (tertiary/aromatic N) is 2. The van der Waals surface area contributed by atoms with Crippen LogP contribution in [0.5, 0.6) is 11.6 Å². The van der Waals surface area contributed by atoms with Gasteiger partial charge in [0.2, 0.25) is 5.88 Å². The Morgan fingerprint density at radius 1 is 1.37 bits per heavy atom. The molecule has 0 saturated carbocycles. The van der Waals surface area contributed by atoms with Crippen LogP contribution in [0.4, 0.5) is 5.69 Å². The van der Waals surface area contributed by atoms with Crippen molar-refractivity contribution in [2.75, 3.05) is 0 Å². The lowest BCUT2D eigenvalue weighted by atomic mass is 10.2. The van der Waals surface area contributed by atoms with E-state index in [0.29, 0.717) is 15.8 Å². The van der Waals surface area contributed by atoms with E-state index in [-0.39, 0.29) is 16.7 Å². The van der Waals surface area contributed by atoms with Gasteiger partial charge in [-0.1, -0.05) is 11.6 Å². The fraction of sp³-hybridized carbons (Fsp3) is 0.0833. The molecule has 2 rings (SSSR count). The molecule has 0 atom stereocenters. The molecule has 0 unspecified atom stereocenters. The Morgan fingerprint density at radius 3 is 2.79 bits per heavy atom. The number of halogens is 2. The van der Waals surface area contributed by atoms with E-state index in [1.807, 2.05) is 0 Å². The Labute approximate surface area is 122 Å². The zero-order chi connectivity index (χ0) is 14.0. The molecule has 0 amide bonds. The van der Waals surface area contributed by atoms with Crippen LogP contribution < -0.4 is 4.74 Å². The second kappa shape index (κ2) is 5.54. The molecule has 0 spiro atoms. The monoisotopic (exact) mass is 342 g/mol. The highest BCUT2D eigenvalue weighted by molar-refractivity contribution is 9.10. The molecule has 0 fully saturated rings. The van der Waals surface area contributed by atoms with Gasteiger partial charge in [-0.15, -0.1) is 0 Å². The second-order valence-corrected chi connectivity index (χ2v) is 4.97. The maximum Gasteiger partial charge on any atom is 0.276 e. The van der Waals surface area contributed by atoms with Crippen molar-refractivity contribution in [1.82, 2.24) is 4.98 Å². The molecule has 2 aromatic rings. The van der Waals surface area contributed by atoms with Crippen LogP contribution in [0.15, 0.2) is 34.8 Å². The van der Waals surface area contributed by atoms with Gasteiger partial charge in [0.25, 0.3) is 5.69 Å². The normalized spacial score (nSPS) is 10.3. The molecule has 0 saturated heterocycles. The fourth-order valence-electron chi connectivity index (χ4n) is 1.43. The molecule has 7 heteroatoms. The predicted octanol–water partition coefficient (Wildman–Crippen LogP) is 4.51. The largest absolute Gasteiger partial charge is 0.438 e. The second-order valence-electron chi connectivity index (χ2n) is 3.73. The Bertz CT molecular complexity index is 649. The number of rotatable bonds is 3. The van der Waals surface area contributed by atoms with E-state index < -0.39 is 4.92 Å². The zero-order valence-corrected chi connectivity index (χ0v) is 12.1. The molecular weight excluding hydrogens is 336 g/mol. The van der Waals surface area contributed by atoms with Crippen molar-refractivity contribution in [3.63, 3.8) is 0 Å². The standard InChI is InChI=1S/C12H8BrClN2O3/c1-7-2-3-8(6-10(7)16(17)18)19-12-9(13)4-5-11(14)15-12/h2-6H,1H3. The average molecular weight is 344 g/mol. The van der Waals surface area contributed by atoms with Crippen molar-refractivity contribution in [2.24, 2.45) is 0 Å². The molecule has 0 radical (unpaired) electrons. The molecule has 98 valence electrons. The van der Waals surface area contributed by atoms with Crippen LogP contribution in [0.1, 0.15) is 5.56 Å². The smallest absolute Gasteiger partial charge is 0.276 e. The van der Waals surface area contributed by atoms with Gasteiger partial charge in [-0.25, -0.2) is 4.98 Å². The van der Waals surface area contributed by atoms with Gasteiger partial charge < -0.3 is 4.74 Å². The van der Waals surface area contributed by atoms with Crippen LogP contribution in [-0.2, 0) is 0 Å². The summed E-state index contributed by atoms with van der Waals surface area (Å²) in [5.41, 5.74) is 0.561. The van der Waals surface area contributed by atoms with E-state index in [2.05, 4.69) is 20.9 Å². The Morgan fingerprint density at radius 2 is 2.11 bits per heavy atom.